The van der Waals surface area contributed by atoms with E-state index < -0.39 is 5.97 Å². The van der Waals surface area contributed by atoms with Crippen LogP contribution in [0.3, 0.4) is 0 Å². The second-order valence-electron chi connectivity index (χ2n) is 17.1. The molecule has 364 valence electrons. The summed E-state index contributed by atoms with van der Waals surface area (Å²) in [6.45, 7) is 1.42. The summed E-state index contributed by atoms with van der Waals surface area (Å²) in [5, 5.41) is 19.1. The van der Waals surface area contributed by atoms with E-state index in [4.69, 9.17) is 18.9 Å². The van der Waals surface area contributed by atoms with Crippen LogP contribution in [0.5, 0.6) is 0 Å². The van der Waals surface area contributed by atoms with Gasteiger partial charge in [-0.3, -0.25) is 24.0 Å². The van der Waals surface area contributed by atoms with Gasteiger partial charge >= 0.3 is 29.8 Å². The zero-order valence-corrected chi connectivity index (χ0v) is 39.4. The maximum atomic E-state index is 11.8. The van der Waals surface area contributed by atoms with E-state index in [0.717, 1.165) is 99.3 Å². The molecule has 4 aromatic carbocycles. The van der Waals surface area contributed by atoms with Crippen LogP contribution in [0.15, 0.2) is 121 Å². The van der Waals surface area contributed by atoms with Gasteiger partial charge in [0.1, 0.15) is 26.4 Å². The number of unbranched alkanes of at least 4 members (excludes halogenated alkanes) is 8. The van der Waals surface area contributed by atoms with Crippen LogP contribution in [0, 0.1) is 11.8 Å². The van der Waals surface area contributed by atoms with Gasteiger partial charge in [0.15, 0.2) is 0 Å². The van der Waals surface area contributed by atoms with E-state index in [2.05, 4.69) is 0 Å². The molecule has 0 fully saturated rings. The molecule has 0 aliphatic rings. The Morgan fingerprint density at radius 3 is 0.851 bits per heavy atom. The Balaban J connectivity index is 0.000000355. The summed E-state index contributed by atoms with van der Waals surface area (Å²) in [5.41, 5.74) is 3.93. The monoisotopic (exact) mass is 923 g/mol. The zero-order chi connectivity index (χ0) is 48.0. The van der Waals surface area contributed by atoms with E-state index in [0.29, 0.717) is 70.5 Å². The molecule has 2 N–H and O–H groups in total. The SMILES string of the molecule is O=C(CCCCCC(CCCCCC(=O)OCc1ccccc1)C(=O)O)OCc1ccccc1.O=C(CCCCCC(CO)CCCCCC(=O)OCc1ccccc1)OCc1ccccc1. The molecular formula is C56H74O11. The van der Waals surface area contributed by atoms with Crippen LogP contribution in [0.1, 0.15) is 151 Å². The minimum atomic E-state index is -0.774. The largest absolute Gasteiger partial charge is 0.481 e. The van der Waals surface area contributed by atoms with Gasteiger partial charge in [-0.25, -0.2) is 0 Å². The number of aliphatic hydroxyl groups excluding tert-OH is 1. The van der Waals surface area contributed by atoms with Crippen molar-refractivity contribution in [3.05, 3.63) is 144 Å². The number of benzene rings is 4. The number of ether oxygens (including phenoxy) is 4. The van der Waals surface area contributed by atoms with Crippen LogP contribution in [0.2, 0.25) is 0 Å². The summed E-state index contributed by atoms with van der Waals surface area (Å²) in [5.74, 6) is -1.61. The van der Waals surface area contributed by atoms with Crippen LogP contribution in [-0.4, -0.2) is 46.7 Å². The Morgan fingerprint density at radius 1 is 0.358 bits per heavy atom. The first-order valence-corrected chi connectivity index (χ1v) is 24.3. The van der Waals surface area contributed by atoms with Gasteiger partial charge in [0.2, 0.25) is 0 Å². The molecule has 0 unspecified atom stereocenters. The molecule has 0 radical (unpaired) electrons. The van der Waals surface area contributed by atoms with E-state index >= 15 is 0 Å². The highest BCUT2D eigenvalue weighted by Crippen LogP contribution is 2.20. The molecule has 11 nitrogen and oxygen atoms in total. The quantitative estimate of drug-likeness (QED) is 0.0260. The third-order valence-electron chi connectivity index (χ3n) is 11.4. The molecule has 0 bridgehead atoms. The van der Waals surface area contributed by atoms with Crippen LogP contribution in [0.25, 0.3) is 0 Å². The van der Waals surface area contributed by atoms with E-state index in [9.17, 15) is 34.2 Å². The van der Waals surface area contributed by atoms with Gasteiger partial charge in [-0.15, -0.1) is 0 Å². The summed E-state index contributed by atoms with van der Waals surface area (Å²) in [7, 11) is 0. The summed E-state index contributed by atoms with van der Waals surface area (Å²) >= 11 is 0. The number of rotatable bonds is 34. The van der Waals surface area contributed by atoms with Crippen LogP contribution in [0.4, 0.5) is 0 Å². The zero-order valence-electron chi connectivity index (χ0n) is 39.4. The number of aliphatic carboxylic acids is 1. The van der Waals surface area contributed by atoms with Gasteiger partial charge in [0, 0.05) is 32.3 Å². The lowest BCUT2D eigenvalue weighted by Gasteiger charge is -2.13. The van der Waals surface area contributed by atoms with Gasteiger partial charge in [-0.05, 0) is 79.5 Å². The van der Waals surface area contributed by atoms with E-state index in [1.54, 1.807) is 0 Å². The Labute approximate surface area is 398 Å². The molecule has 4 aromatic rings. The number of carboxylic acid groups (broad SMARTS) is 1. The van der Waals surface area contributed by atoms with Gasteiger partial charge in [0.05, 0.1) is 5.92 Å². The number of aliphatic hydroxyl groups is 1. The molecule has 0 saturated carbocycles. The van der Waals surface area contributed by atoms with Crippen molar-refractivity contribution in [2.75, 3.05) is 6.61 Å². The molecule has 0 aromatic heterocycles. The fourth-order valence-corrected chi connectivity index (χ4v) is 7.39. The summed E-state index contributed by atoms with van der Waals surface area (Å²) in [6.07, 6.45) is 14.8. The number of carbonyl (C=O) groups is 5. The van der Waals surface area contributed by atoms with Crippen molar-refractivity contribution in [3.63, 3.8) is 0 Å². The normalized spacial score (nSPS) is 10.8. The first kappa shape index (κ1) is 55.5. The molecule has 0 heterocycles. The Bertz CT molecular complexity index is 1770. The van der Waals surface area contributed by atoms with Crippen molar-refractivity contribution in [1.29, 1.82) is 0 Å². The molecule has 0 aliphatic carbocycles. The standard InChI is InChI=1S/C28H36O6.C28H38O5/c29-26(33-21-23-13-5-1-6-14-23)19-11-3-9-17-25(28(31)32)18-10-4-12-20-27(30)34-22-24-15-7-2-8-16-24;29-21-24(13-5-3-11-19-27(30)32-22-25-15-7-1-8-16-25)14-6-4-12-20-28(31)33-23-26-17-9-2-10-18-26/h1-2,5-8,13-16,25H,3-4,9-12,17-22H2,(H,31,32);1-2,7-10,15-18,24,29H,3-6,11-14,19-23H2. The summed E-state index contributed by atoms with van der Waals surface area (Å²) < 4.78 is 21.1. The number of hydrogen-bond acceptors (Lipinski definition) is 10. The van der Waals surface area contributed by atoms with Crippen molar-refractivity contribution in [3.8, 4) is 0 Å². The number of esters is 4. The highest BCUT2D eigenvalue weighted by Gasteiger charge is 2.17. The second kappa shape index (κ2) is 36.3. The third-order valence-corrected chi connectivity index (χ3v) is 11.4. The maximum absolute atomic E-state index is 11.8. The molecule has 11 heteroatoms. The lowest BCUT2D eigenvalue weighted by atomic mass is 9.94. The molecule has 0 spiro atoms. The van der Waals surface area contributed by atoms with Crippen molar-refractivity contribution in [1.82, 2.24) is 0 Å². The van der Waals surface area contributed by atoms with Gasteiger partial charge < -0.3 is 29.2 Å². The molecule has 0 amide bonds. The highest BCUT2D eigenvalue weighted by molar-refractivity contribution is 5.71. The van der Waals surface area contributed by atoms with Crippen molar-refractivity contribution in [2.45, 2.75) is 155 Å². The minimum Gasteiger partial charge on any atom is -0.481 e. The Kier molecular flexibility index (Phi) is 30.1. The second-order valence-corrected chi connectivity index (χ2v) is 17.1. The lowest BCUT2D eigenvalue weighted by molar-refractivity contribution is -0.146. The number of carboxylic acids is 1. The molecular weight excluding hydrogens is 849 g/mol. The summed E-state index contributed by atoms with van der Waals surface area (Å²) in [6, 6.07) is 38.5. The van der Waals surface area contributed by atoms with Crippen LogP contribution in [-0.2, 0) is 69.3 Å². The molecule has 0 atom stereocenters. The number of hydrogen-bond donors (Lipinski definition) is 2. The van der Waals surface area contributed by atoms with E-state index in [-0.39, 0.29) is 49.6 Å². The average molecular weight is 923 g/mol. The average Bonchev–Trinajstić information content (AvgIpc) is 3.35. The fraction of sp³-hybridized carbons (Fsp3) is 0.482. The predicted molar refractivity (Wildman–Crippen MR) is 259 cm³/mol. The van der Waals surface area contributed by atoms with Crippen LogP contribution < -0.4 is 0 Å². The van der Waals surface area contributed by atoms with Crippen molar-refractivity contribution in [2.24, 2.45) is 11.8 Å². The van der Waals surface area contributed by atoms with Gasteiger partial charge in [-0.2, -0.15) is 0 Å². The predicted octanol–water partition coefficient (Wildman–Crippen LogP) is 12.1. The van der Waals surface area contributed by atoms with Gasteiger partial charge in [-0.1, -0.05) is 173 Å². The third kappa shape index (κ3) is 28.8. The van der Waals surface area contributed by atoms with Gasteiger partial charge in [0.25, 0.3) is 0 Å². The van der Waals surface area contributed by atoms with Crippen LogP contribution >= 0.6 is 0 Å². The molecule has 0 saturated heterocycles. The van der Waals surface area contributed by atoms with Crippen molar-refractivity contribution < 1.29 is 53.1 Å². The Hall–Kier alpha value is -5.81. The Morgan fingerprint density at radius 2 is 0.612 bits per heavy atom. The first-order valence-electron chi connectivity index (χ1n) is 24.3. The van der Waals surface area contributed by atoms with E-state index in [1.807, 2.05) is 121 Å². The number of carbonyl (C=O) groups excluding carboxylic acids is 4. The molecule has 4 rings (SSSR count). The van der Waals surface area contributed by atoms with Crippen molar-refractivity contribution >= 4 is 29.8 Å². The van der Waals surface area contributed by atoms with E-state index in [1.165, 1.54) is 0 Å². The summed E-state index contributed by atoms with van der Waals surface area (Å²) in [4.78, 5) is 58.9. The fourth-order valence-electron chi connectivity index (χ4n) is 7.39. The minimum absolute atomic E-state index is 0.153. The lowest BCUT2D eigenvalue weighted by Crippen LogP contribution is -2.13. The highest BCUT2D eigenvalue weighted by atomic mass is 16.5. The first-order chi connectivity index (χ1) is 32.7. The molecule has 0 aliphatic heterocycles. The topological polar surface area (TPSA) is 163 Å². The molecule has 67 heavy (non-hydrogen) atoms. The smallest absolute Gasteiger partial charge is 0.306 e. The maximum Gasteiger partial charge on any atom is 0.306 e.